The topological polar surface area (TPSA) is 70.2 Å². The van der Waals surface area contributed by atoms with E-state index >= 15 is 0 Å². The molecule has 8 heteroatoms. The van der Waals surface area contributed by atoms with Crippen LogP contribution >= 0.6 is 0 Å². The lowest BCUT2D eigenvalue weighted by molar-refractivity contribution is 0.122. The summed E-state index contributed by atoms with van der Waals surface area (Å²) in [7, 11) is 0. The summed E-state index contributed by atoms with van der Waals surface area (Å²) in [4.78, 5) is 24.2. The summed E-state index contributed by atoms with van der Waals surface area (Å²) in [6, 6.07) is 15.4. The van der Waals surface area contributed by atoms with Crippen molar-refractivity contribution in [2.24, 2.45) is 5.92 Å². The number of morpholine rings is 1. The molecule has 206 valence electrons. The van der Waals surface area contributed by atoms with Crippen LogP contribution in [-0.4, -0.2) is 87.7 Å². The lowest BCUT2D eigenvalue weighted by Gasteiger charge is -2.37. The van der Waals surface area contributed by atoms with Crippen LogP contribution in [0.25, 0.3) is 11.1 Å². The van der Waals surface area contributed by atoms with Crippen molar-refractivity contribution >= 4 is 17.7 Å². The zero-order chi connectivity index (χ0) is 26.2. The molecule has 1 amide bonds. The van der Waals surface area contributed by atoms with Crippen molar-refractivity contribution in [3.05, 3.63) is 42.5 Å². The predicted octanol–water partition coefficient (Wildman–Crippen LogP) is 4.40. The molecule has 8 nitrogen and oxygen atoms in total. The molecule has 3 heterocycles. The van der Waals surface area contributed by atoms with Crippen LogP contribution in [0, 0.1) is 5.92 Å². The summed E-state index contributed by atoms with van der Waals surface area (Å²) >= 11 is 0. The van der Waals surface area contributed by atoms with Crippen LogP contribution < -0.4 is 15.1 Å². The average molecular weight is 522 g/mol. The maximum absolute atomic E-state index is 11.7. The van der Waals surface area contributed by atoms with Crippen LogP contribution in [0.2, 0.25) is 0 Å². The first-order valence-electron chi connectivity index (χ1n) is 14.5. The van der Waals surface area contributed by atoms with Gasteiger partial charge in [0, 0.05) is 45.3 Å². The number of anilines is 2. The Morgan fingerprint density at radius 3 is 2.24 bits per heavy atom. The third-order valence-corrected chi connectivity index (χ3v) is 8.23. The van der Waals surface area contributed by atoms with E-state index in [0.29, 0.717) is 6.61 Å². The Bertz CT molecular complexity index is 1010. The molecule has 1 aromatic carbocycles. The minimum absolute atomic E-state index is 0.269. The number of nitrogens with one attached hydrogen (secondary N) is 1. The van der Waals surface area contributed by atoms with Crippen molar-refractivity contribution in [1.82, 2.24) is 15.2 Å². The Hall–Kier alpha value is -2.84. The molecule has 0 spiro atoms. The van der Waals surface area contributed by atoms with E-state index in [9.17, 15) is 4.79 Å². The SMILES string of the molecule is CCOC(=O)N[C@H]1CC[C@H](CCN2CCN(c3cc(-c4ccccc4)cc(N4CCOCC4)n3)CC2)CC1. The Balaban J connectivity index is 1.14. The monoisotopic (exact) mass is 521 g/mol. The molecule has 0 unspecified atom stereocenters. The molecule has 1 aliphatic carbocycles. The highest BCUT2D eigenvalue weighted by atomic mass is 16.5. The second-order valence-electron chi connectivity index (χ2n) is 10.7. The second kappa shape index (κ2) is 13.3. The molecule has 38 heavy (non-hydrogen) atoms. The number of aromatic nitrogens is 1. The van der Waals surface area contributed by atoms with Gasteiger partial charge in [0.1, 0.15) is 11.6 Å². The molecule has 1 aromatic heterocycles. The van der Waals surface area contributed by atoms with Gasteiger partial charge in [0.05, 0.1) is 19.8 Å². The highest BCUT2D eigenvalue weighted by Gasteiger charge is 2.25. The van der Waals surface area contributed by atoms with E-state index in [1.54, 1.807) is 0 Å². The number of carbonyl (C=O) groups is 1. The van der Waals surface area contributed by atoms with Gasteiger partial charge in [0.15, 0.2) is 0 Å². The minimum Gasteiger partial charge on any atom is -0.450 e. The van der Waals surface area contributed by atoms with Gasteiger partial charge >= 0.3 is 6.09 Å². The van der Waals surface area contributed by atoms with E-state index in [-0.39, 0.29) is 12.1 Å². The summed E-state index contributed by atoms with van der Waals surface area (Å²) in [5.41, 5.74) is 2.46. The van der Waals surface area contributed by atoms with Gasteiger partial charge in [-0.15, -0.1) is 0 Å². The Labute approximate surface area is 227 Å². The van der Waals surface area contributed by atoms with Crippen LogP contribution in [-0.2, 0) is 9.47 Å². The fraction of sp³-hybridized carbons (Fsp3) is 0.600. The summed E-state index contributed by atoms with van der Waals surface area (Å²) in [6.45, 7) is 10.9. The molecule has 5 rings (SSSR count). The molecular weight excluding hydrogens is 478 g/mol. The van der Waals surface area contributed by atoms with Gasteiger partial charge in [0.2, 0.25) is 0 Å². The first-order valence-corrected chi connectivity index (χ1v) is 14.5. The number of pyridine rings is 1. The number of alkyl carbamates (subject to hydrolysis) is 1. The van der Waals surface area contributed by atoms with Gasteiger partial charge in [-0.2, -0.15) is 0 Å². The van der Waals surface area contributed by atoms with Crippen LogP contribution in [0.5, 0.6) is 0 Å². The van der Waals surface area contributed by atoms with Crippen molar-refractivity contribution in [2.75, 3.05) is 75.4 Å². The number of amides is 1. The van der Waals surface area contributed by atoms with E-state index < -0.39 is 0 Å². The molecular formula is C30H43N5O3. The van der Waals surface area contributed by atoms with Crippen LogP contribution in [0.15, 0.2) is 42.5 Å². The van der Waals surface area contributed by atoms with E-state index in [1.165, 1.54) is 30.4 Å². The number of hydrogen-bond donors (Lipinski definition) is 1. The highest BCUT2D eigenvalue weighted by molar-refractivity contribution is 5.71. The number of benzene rings is 1. The Morgan fingerprint density at radius 2 is 1.58 bits per heavy atom. The number of nitrogens with zero attached hydrogens (tertiary/aromatic N) is 4. The van der Waals surface area contributed by atoms with E-state index in [2.05, 4.69) is 62.5 Å². The second-order valence-corrected chi connectivity index (χ2v) is 10.7. The molecule has 0 bridgehead atoms. The van der Waals surface area contributed by atoms with Gasteiger partial charge in [-0.25, -0.2) is 9.78 Å². The first kappa shape index (κ1) is 26.8. The maximum Gasteiger partial charge on any atom is 0.407 e. The van der Waals surface area contributed by atoms with Crippen LogP contribution in [0.1, 0.15) is 39.0 Å². The molecule has 1 N–H and O–H groups in total. The third kappa shape index (κ3) is 7.17. The maximum atomic E-state index is 11.7. The molecule has 1 saturated carbocycles. The average Bonchev–Trinajstić information content (AvgIpc) is 2.98. The highest BCUT2D eigenvalue weighted by Crippen LogP contribution is 2.30. The minimum atomic E-state index is -0.269. The summed E-state index contributed by atoms with van der Waals surface area (Å²) in [5, 5.41) is 3.01. The van der Waals surface area contributed by atoms with Gasteiger partial charge in [-0.3, -0.25) is 4.90 Å². The zero-order valence-electron chi connectivity index (χ0n) is 22.8. The number of piperazine rings is 1. The first-order chi connectivity index (χ1) is 18.7. The Kier molecular flexibility index (Phi) is 9.36. The molecule has 3 fully saturated rings. The third-order valence-electron chi connectivity index (χ3n) is 8.23. The standard InChI is InChI=1S/C30H43N5O3/c1-2-38-30(36)31-27-10-8-24(9-11-27)12-13-33-14-16-34(17-15-33)28-22-26(25-6-4-3-5-7-25)23-29(32-28)35-18-20-37-21-19-35/h3-7,22-24,27H,2,8-21H2,1H3,(H,31,36)/t24-,27-. The van der Waals surface area contributed by atoms with Crippen molar-refractivity contribution in [3.63, 3.8) is 0 Å². The van der Waals surface area contributed by atoms with Crippen molar-refractivity contribution < 1.29 is 14.3 Å². The van der Waals surface area contributed by atoms with E-state index in [4.69, 9.17) is 14.5 Å². The molecule has 2 aromatic rings. The van der Waals surface area contributed by atoms with Gasteiger partial charge in [-0.05, 0) is 74.8 Å². The molecule has 0 atom stereocenters. The largest absolute Gasteiger partial charge is 0.450 e. The lowest BCUT2D eigenvalue weighted by Crippen LogP contribution is -2.47. The number of ether oxygens (including phenoxy) is 2. The quantitative estimate of drug-likeness (QED) is 0.552. The van der Waals surface area contributed by atoms with E-state index in [0.717, 1.165) is 89.4 Å². The van der Waals surface area contributed by atoms with E-state index in [1.807, 2.05) is 6.92 Å². The summed E-state index contributed by atoms with van der Waals surface area (Å²) in [5.74, 6) is 2.90. The summed E-state index contributed by atoms with van der Waals surface area (Å²) in [6.07, 6.45) is 5.48. The fourth-order valence-corrected chi connectivity index (χ4v) is 5.92. The predicted molar refractivity (Wildman–Crippen MR) is 152 cm³/mol. The lowest BCUT2D eigenvalue weighted by atomic mass is 9.84. The van der Waals surface area contributed by atoms with Crippen molar-refractivity contribution in [1.29, 1.82) is 0 Å². The number of carbonyl (C=O) groups excluding carboxylic acids is 1. The molecule has 2 saturated heterocycles. The van der Waals surface area contributed by atoms with Gasteiger partial charge in [-0.1, -0.05) is 30.3 Å². The number of rotatable bonds is 8. The Morgan fingerprint density at radius 1 is 0.921 bits per heavy atom. The normalized spacial score (nSPS) is 22.8. The van der Waals surface area contributed by atoms with Gasteiger partial charge < -0.3 is 24.6 Å². The van der Waals surface area contributed by atoms with Crippen LogP contribution in [0.4, 0.5) is 16.4 Å². The van der Waals surface area contributed by atoms with Crippen molar-refractivity contribution in [2.45, 2.75) is 45.1 Å². The number of hydrogen-bond acceptors (Lipinski definition) is 7. The molecule has 2 aliphatic heterocycles. The molecule has 3 aliphatic rings. The summed E-state index contributed by atoms with van der Waals surface area (Å²) < 4.78 is 10.6. The van der Waals surface area contributed by atoms with Gasteiger partial charge in [0.25, 0.3) is 0 Å². The fourth-order valence-electron chi connectivity index (χ4n) is 5.92. The van der Waals surface area contributed by atoms with Crippen LogP contribution in [0.3, 0.4) is 0 Å². The van der Waals surface area contributed by atoms with Crippen molar-refractivity contribution in [3.8, 4) is 11.1 Å². The smallest absolute Gasteiger partial charge is 0.407 e. The molecule has 0 radical (unpaired) electrons. The zero-order valence-corrected chi connectivity index (χ0v) is 22.8.